The van der Waals surface area contributed by atoms with E-state index in [1.807, 2.05) is 62.5 Å². The molecule has 33 heavy (non-hydrogen) atoms. The zero-order valence-electron chi connectivity index (χ0n) is 19.1. The van der Waals surface area contributed by atoms with E-state index >= 15 is 0 Å². The fourth-order valence-electron chi connectivity index (χ4n) is 4.09. The van der Waals surface area contributed by atoms with Gasteiger partial charge in [-0.05, 0) is 73.2 Å². The third kappa shape index (κ3) is 4.22. The summed E-state index contributed by atoms with van der Waals surface area (Å²) in [7, 11) is 1.65. The monoisotopic (exact) mass is 458 g/mol. The van der Waals surface area contributed by atoms with Crippen LogP contribution in [0.15, 0.2) is 65.0 Å². The van der Waals surface area contributed by atoms with Crippen LogP contribution < -0.4 is 10.5 Å². The summed E-state index contributed by atoms with van der Waals surface area (Å²) in [5.41, 5.74) is 8.79. The first-order valence-electron chi connectivity index (χ1n) is 10.7. The maximum atomic E-state index is 13.4. The topological polar surface area (TPSA) is 91.7 Å². The number of nitrogens with zero attached hydrogens (tertiary/aromatic N) is 3. The molecule has 168 valence electrons. The van der Waals surface area contributed by atoms with Gasteiger partial charge in [-0.15, -0.1) is 11.3 Å². The minimum atomic E-state index is -0.858. The lowest BCUT2D eigenvalue weighted by molar-refractivity contribution is -0.130. The molecule has 0 fully saturated rings. The van der Waals surface area contributed by atoms with Crippen molar-refractivity contribution in [3.8, 4) is 22.9 Å². The number of amides is 1. The molecule has 1 amide bonds. The van der Waals surface area contributed by atoms with Crippen molar-refractivity contribution < 1.29 is 9.53 Å². The van der Waals surface area contributed by atoms with Crippen molar-refractivity contribution in [3.63, 3.8) is 0 Å². The van der Waals surface area contributed by atoms with Crippen molar-refractivity contribution in [2.75, 3.05) is 7.05 Å². The van der Waals surface area contributed by atoms with Gasteiger partial charge in [-0.1, -0.05) is 24.3 Å². The van der Waals surface area contributed by atoms with Crippen LogP contribution in [0.3, 0.4) is 0 Å². The van der Waals surface area contributed by atoms with Crippen molar-refractivity contribution in [2.24, 2.45) is 10.7 Å². The molecule has 1 aliphatic rings. The Bertz CT molecular complexity index is 1240. The van der Waals surface area contributed by atoms with Crippen LogP contribution in [-0.4, -0.2) is 29.9 Å². The van der Waals surface area contributed by atoms with Crippen LogP contribution in [0.2, 0.25) is 0 Å². The van der Waals surface area contributed by atoms with Crippen LogP contribution in [-0.2, 0) is 10.3 Å². The number of nitrogens with two attached hydrogens (primary N) is 1. The number of nitriles is 1. The van der Waals surface area contributed by atoms with E-state index in [-0.39, 0.29) is 18.0 Å². The van der Waals surface area contributed by atoms with Gasteiger partial charge in [0.2, 0.25) is 5.91 Å². The highest BCUT2D eigenvalue weighted by atomic mass is 32.1. The van der Waals surface area contributed by atoms with Crippen LogP contribution in [0, 0.1) is 11.3 Å². The molecule has 1 aromatic heterocycles. The van der Waals surface area contributed by atoms with Gasteiger partial charge in [0, 0.05) is 11.9 Å². The first kappa shape index (κ1) is 22.6. The minimum Gasteiger partial charge on any atom is -0.491 e. The SMILES string of the molecule is CC(C)Oc1ccc([C@H]2C(=O)N(C)C(N)=N[C@]2(C)c2cc(-c3ccc(C#N)cc3)cs2)cc1. The number of thiophene rings is 1. The van der Waals surface area contributed by atoms with Crippen molar-refractivity contribution in [1.29, 1.82) is 5.26 Å². The molecule has 0 radical (unpaired) electrons. The van der Waals surface area contributed by atoms with Gasteiger partial charge in [0.1, 0.15) is 11.3 Å². The smallest absolute Gasteiger partial charge is 0.239 e. The quantitative estimate of drug-likeness (QED) is 0.591. The summed E-state index contributed by atoms with van der Waals surface area (Å²) in [4.78, 5) is 20.6. The third-order valence-corrected chi connectivity index (χ3v) is 7.02. The van der Waals surface area contributed by atoms with E-state index in [1.54, 1.807) is 30.5 Å². The van der Waals surface area contributed by atoms with Gasteiger partial charge in [-0.3, -0.25) is 9.69 Å². The number of hydrogen-bond acceptors (Lipinski definition) is 6. The molecule has 0 saturated heterocycles. The van der Waals surface area contributed by atoms with E-state index in [1.165, 1.54) is 4.90 Å². The van der Waals surface area contributed by atoms with E-state index < -0.39 is 11.5 Å². The number of rotatable bonds is 5. The van der Waals surface area contributed by atoms with Crippen LogP contribution >= 0.6 is 11.3 Å². The Labute approximate surface area is 197 Å². The standard InChI is InChI=1S/C26H26N4O2S/c1-16(2)32-21-11-9-19(10-12-21)23-24(31)30(4)25(28)29-26(23,3)22-13-20(15-33-22)18-7-5-17(14-27)6-8-18/h5-13,15-16,23H,1-4H3,(H2,28,29)/t23-,26+/m0/s1. The molecule has 2 atom stereocenters. The second kappa shape index (κ2) is 8.72. The molecule has 0 aliphatic carbocycles. The number of ether oxygens (including phenoxy) is 1. The number of benzene rings is 2. The van der Waals surface area contributed by atoms with E-state index in [4.69, 9.17) is 20.7 Å². The number of carbonyl (C=O) groups excluding carboxylic acids is 1. The number of aliphatic imine (C=N–C) groups is 1. The van der Waals surface area contributed by atoms with Crippen molar-refractivity contribution in [1.82, 2.24) is 4.90 Å². The zero-order valence-corrected chi connectivity index (χ0v) is 19.9. The Morgan fingerprint density at radius 3 is 2.42 bits per heavy atom. The average Bonchev–Trinajstić information content (AvgIpc) is 3.30. The molecule has 0 saturated carbocycles. The molecule has 1 aliphatic heterocycles. The number of likely N-dealkylation sites (N-methyl/N-ethyl adjacent to an activating group) is 1. The van der Waals surface area contributed by atoms with Gasteiger partial charge in [0.05, 0.1) is 23.7 Å². The van der Waals surface area contributed by atoms with Crippen molar-refractivity contribution in [2.45, 2.75) is 38.3 Å². The highest BCUT2D eigenvalue weighted by molar-refractivity contribution is 7.10. The molecule has 3 aromatic rings. The summed E-state index contributed by atoms with van der Waals surface area (Å²) in [6.45, 7) is 5.91. The summed E-state index contributed by atoms with van der Waals surface area (Å²) in [6.07, 6.45) is 0.0692. The highest BCUT2D eigenvalue weighted by Crippen LogP contribution is 2.47. The Morgan fingerprint density at radius 2 is 1.82 bits per heavy atom. The van der Waals surface area contributed by atoms with Gasteiger partial charge in [0.25, 0.3) is 0 Å². The lowest BCUT2D eigenvalue weighted by Crippen LogP contribution is -2.52. The summed E-state index contributed by atoms with van der Waals surface area (Å²) in [5.74, 6) is 0.326. The molecule has 0 unspecified atom stereocenters. The maximum absolute atomic E-state index is 13.4. The molecular formula is C26H26N4O2S. The number of hydrogen-bond donors (Lipinski definition) is 1. The Balaban J connectivity index is 1.76. The molecule has 2 heterocycles. The second-order valence-electron chi connectivity index (χ2n) is 8.57. The number of carbonyl (C=O) groups is 1. The Kier molecular flexibility index (Phi) is 5.96. The zero-order chi connectivity index (χ0) is 23.8. The molecule has 2 aromatic carbocycles. The summed E-state index contributed by atoms with van der Waals surface area (Å²) >= 11 is 1.55. The lowest BCUT2D eigenvalue weighted by atomic mass is 9.77. The van der Waals surface area contributed by atoms with Crippen LogP contribution in [0.4, 0.5) is 0 Å². The molecule has 2 N–H and O–H groups in total. The number of guanidine groups is 1. The van der Waals surface area contributed by atoms with E-state index in [0.29, 0.717) is 5.56 Å². The molecule has 0 spiro atoms. The van der Waals surface area contributed by atoms with E-state index in [0.717, 1.165) is 27.3 Å². The van der Waals surface area contributed by atoms with Gasteiger partial charge in [0.15, 0.2) is 5.96 Å². The van der Waals surface area contributed by atoms with Crippen LogP contribution in [0.1, 0.15) is 42.7 Å². The van der Waals surface area contributed by atoms with E-state index in [2.05, 4.69) is 12.1 Å². The van der Waals surface area contributed by atoms with Crippen molar-refractivity contribution >= 4 is 23.2 Å². The van der Waals surface area contributed by atoms with Gasteiger partial charge < -0.3 is 10.5 Å². The molecular weight excluding hydrogens is 432 g/mol. The maximum Gasteiger partial charge on any atom is 0.239 e. The summed E-state index contributed by atoms with van der Waals surface area (Å²) in [6, 6.07) is 19.3. The first-order valence-corrected chi connectivity index (χ1v) is 11.6. The molecule has 0 bridgehead atoms. The normalized spacial score (nSPS) is 20.5. The lowest BCUT2D eigenvalue weighted by Gasteiger charge is -2.40. The Hall–Kier alpha value is -3.63. The Morgan fingerprint density at radius 1 is 1.15 bits per heavy atom. The molecule has 4 rings (SSSR count). The third-order valence-electron chi connectivity index (χ3n) is 5.86. The van der Waals surface area contributed by atoms with Crippen LogP contribution in [0.25, 0.3) is 11.1 Å². The summed E-state index contributed by atoms with van der Waals surface area (Å²) < 4.78 is 5.77. The predicted octanol–water partition coefficient (Wildman–Crippen LogP) is 4.86. The first-order chi connectivity index (χ1) is 15.7. The van der Waals surface area contributed by atoms with Crippen LogP contribution in [0.5, 0.6) is 5.75 Å². The summed E-state index contributed by atoms with van der Waals surface area (Å²) in [5, 5.41) is 11.1. The highest BCUT2D eigenvalue weighted by Gasteiger charge is 2.48. The largest absolute Gasteiger partial charge is 0.491 e. The van der Waals surface area contributed by atoms with E-state index in [9.17, 15) is 4.79 Å². The van der Waals surface area contributed by atoms with Gasteiger partial charge >= 0.3 is 0 Å². The average molecular weight is 459 g/mol. The van der Waals surface area contributed by atoms with Crippen molar-refractivity contribution in [3.05, 3.63) is 76.0 Å². The molecule has 6 nitrogen and oxygen atoms in total. The minimum absolute atomic E-state index is 0.0692. The fourth-order valence-corrected chi connectivity index (χ4v) is 5.15. The second-order valence-corrected chi connectivity index (χ2v) is 9.48. The van der Waals surface area contributed by atoms with Gasteiger partial charge in [-0.25, -0.2) is 4.99 Å². The molecule has 7 heteroatoms. The fraction of sp³-hybridized carbons (Fsp3) is 0.269. The van der Waals surface area contributed by atoms with Gasteiger partial charge in [-0.2, -0.15) is 5.26 Å². The predicted molar refractivity (Wildman–Crippen MR) is 131 cm³/mol.